The highest BCUT2D eigenvalue weighted by Crippen LogP contribution is 2.20. The number of aromatic amines is 1. The van der Waals surface area contributed by atoms with E-state index in [1.807, 2.05) is 25.1 Å². The van der Waals surface area contributed by atoms with Gasteiger partial charge in [0.1, 0.15) is 5.82 Å². The second kappa shape index (κ2) is 10.3. The zero-order chi connectivity index (χ0) is 23.3. The molecule has 0 saturated heterocycles. The number of methoxy groups -OCH3 is 1. The average molecular weight is 461 g/mol. The summed E-state index contributed by atoms with van der Waals surface area (Å²) in [5.41, 5.74) is 5.79. The lowest BCUT2D eigenvalue weighted by Crippen LogP contribution is -2.42. The number of aromatic nitrogens is 4. The van der Waals surface area contributed by atoms with E-state index < -0.39 is 17.2 Å². The third-order valence-electron chi connectivity index (χ3n) is 4.87. The van der Waals surface area contributed by atoms with Gasteiger partial charge in [0.05, 0.1) is 24.9 Å². The van der Waals surface area contributed by atoms with E-state index in [0.29, 0.717) is 24.5 Å². The summed E-state index contributed by atoms with van der Waals surface area (Å²) in [7, 11) is 1.48. The molecule has 10 nitrogen and oxygen atoms in total. The molecular weight excluding hydrogens is 436 g/mol. The molecule has 2 aromatic heterocycles. The Morgan fingerprint density at radius 2 is 2.06 bits per heavy atom. The number of H-pyrrole nitrogens is 1. The van der Waals surface area contributed by atoms with E-state index in [4.69, 9.17) is 22.1 Å². The highest BCUT2D eigenvalue weighted by atomic mass is 35.5. The van der Waals surface area contributed by atoms with Gasteiger partial charge in [-0.2, -0.15) is 5.10 Å². The van der Waals surface area contributed by atoms with Crippen molar-refractivity contribution < 1.29 is 9.53 Å². The van der Waals surface area contributed by atoms with Gasteiger partial charge in [0.25, 0.3) is 11.5 Å². The smallest absolute Gasteiger partial charge is 0.330 e. The molecule has 1 aromatic carbocycles. The summed E-state index contributed by atoms with van der Waals surface area (Å²) < 4.78 is 7.93. The summed E-state index contributed by atoms with van der Waals surface area (Å²) in [5, 5.41) is 4.84. The minimum absolute atomic E-state index is 0.0582. The van der Waals surface area contributed by atoms with Crippen LogP contribution in [0.25, 0.3) is 0 Å². The van der Waals surface area contributed by atoms with E-state index in [-0.39, 0.29) is 30.2 Å². The molecule has 2 heterocycles. The average Bonchev–Trinajstić information content (AvgIpc) is 3.23. The molecule has 0 spiro atoms. The Balaban J connectivity index is 1.97. The van der Waals surface area contributed by atoms with Gasteiger partial charge in [-0.05, 0) is 18.1 Å². The number of nitrogens with two attached hydrogens (primary N) is 1. The molecular formula is C21H25ClN6O4. The largest absolute Gasteiger partial charge is 0.383 e. The molecule has 3 aromatic rings. The van der Waals surface area contributed by atoms with Gasteiger partial charge in [-0.15, -0.1) is 0 Å². The fourth-order valence-corrected chi connectivity index (χ4v) is 3.49. The number of rotatable bonds is 9. The van der Waals surface area contributed by atoms with E-state index in [0.717, 1.165) is 5.56 Å². The van der Waals surface area contributed by atoms with E-state index in [1.165, 1.54) is 22.8 Å². The number of hydrogen-bond donors (Lipinski definition) is 2. The van der Waals surface area contributed by atoms with Gasteiger partial charge in [-0.25, -0.2) is 4.79 Å². The molecule has 0 aliphatic rings. The number of nitrogens with one attached hydrogen (secondary N) is 1. The van der Waals surface area contributed by atoms with Crippen molar-refractivity contribution >= 4 is 29.0 Å². The highest BCUT2D eigenvalue weighted by Gasteiger charge is 2.26. The number of anilines is 2. The molecule has 32 heavy (non-hydrogen) atoms. The molecule has 0 unspecified atom stereocenters. The number of amides is 1. The van der Waals surface area contributed by atoms with E-state index in [2.05, 4.69) is 10.1 Å². The number of benzene rings is 1. The maximum absolute atomic E-state index is 13.3. The number of carbonyl (C=O) groups is 1. The molecule has 0 atom stereocenters. The Bertz CT molecular complexity index is 1220. The third-order valence-corrected chi connectivity index (χ3v) is 5.23. The first-order chi connectivity index (χ1) is 15.4. The number of carbonyl (C=O) groups excluding carboxylic acids is 1. The molecule has 0 aliphatic heterocycles. The highest BCUT2D eigenvalue weighted by molar-refractivity contribution is 6.31. The van der Waals surface area contributed by atoms with Gasteiger partial charge in [-0.3, -0.25) is 28.7 Å². The second-order valence-corrected chi connectivity index (χ2v) is 7.52. The van der Waals surface area contributed by atoms with Crippen molar-refractivity contribution in [3.05, 3.63) is 73.6 Å². The zero-order valence-electron chi connectivity index (χ0n) is 17.9. The van der Waals surface area contributed by atoms with Gasteiger partial charge in [0.15, 0.2) is 5.69 Å². The van der Waals surface area contributed by atoms with Crippen molar-refractivity contribution in [1.29, 1.82) is 0 Å². The van der Waals surface area contributed by atoms with Gasteiger partial charge in [0.2, 0.25) is 0 Å². The lowest BCUT2D eigenvalue weighted by atomic mass is 10.2. The first kappa shape index (κ1) is 23.3. The quantitative estimate of drug-likeness (QED) is 0.500. The number of ether oxygens (including phenoxy) is 1. The van der Waals surface area contributed by atoms with Crippen LogP contribution in [0.4, 0.5) is 11.5 Å². The third kappa shape index (κ3) is 4.92. The number of nitrogens with zero attached hydrogens (tertiary/aromatic N) is 4. The molecule has 0 bridgehead atoms. The summed E-state index contributed by atoms with van der Waals surface area (Å²) in [5.74, 6) is -0.570. The van der Waals surface area contributed by atoms with Crippen LogP contribution in [0.5, 0.6) is 0 Å². The Morgan fingerprint density at radius 1 is 1.31 bits per heavy atom. The first-order valence-corrected chi connectivity index (χ1v) is 10.4. The van der Waals surface area contributed by atoms with Crippen LogP contribution in [0.15, 0.2) is 46.2 Å². The Kier molecular flexibility index (Phi) is 7.49. The zero-order valence-corrected chi connectivity index (χ0v) is 18.6. The number of halogens is 1. The predicted octanol–water partition coefficient (Wildman–Crippen LogP) is 1.72. The lowest BCUT2D eigenvalue weighted by Gasteiger charge is -2.23. The summed E-state index contributed by atoms with van der Waals surface area (Å²) in [6.45, 7) is 2.76. The summed E-state index contributed by atoms with van der Waals surface area (Å²) >= 11 is 6.21. The fraction of sp³-hybridized carbons (Fsp3) is 0.333. The van der Waals surface area contributed by atoms with Crippen molar-refractivity contribution in [3.8, 4) is 0 Å². The molecule has 3 rings (SSSR count). The van der Waals surface area contributed by atoms with Crippen LogP contribution in [0, 0.1) is 0 Å². The normalized spacial score (nSPS) is 11.0. The van der Waals surface area contributed by atoms with E-state index in [9.17, 15) is 14.4 Å². The predicted molar refractivity (Wildman–Crippen MR) is 122 cm³/mol. The van der Waals surface area contributed by atoms with Crippen molar-refractivity contribution in [2.24, 2.45) is 0 Å². The monoisotopic (exact) mass is 460 g/mol. The second-order valence-electron chi connectivity index (χ2n) is 7.11. The SMILES string of the molecule is CCCn1c(N)c(N(CCOC)C(=O)c2cnn(Cc3ccccc3Cl)c2)c(=O)[nH]c1=O. The van der Waals surface area contributed by atoms with Crippen LogP contribution < -0.4 is 21.9 Å². The topological polar surface area (TPSA) is 128 Å². The molecule has 1 amide bonds. The van der Waals surface area contributed by atoms with Crippen LogP contribution >= 0.6 is 11.6 Å². The van der Waals surface area contributed by atoms with Gasteiger partial charge in [-0.1, -0.05) is 36.7 Å². The number of hydrogen-bond acceptors (Lipinski definition) is 6. The Labute approximate surface area is 189 Å². The molecule has 0 saturated carbocycles. The summed E-state index contributed by atoms with van der Waals surface area (Å²) in [4.78, 5) is 41.6. The minimum Gasteiger partial charge on any atom is -0.383 e. The van der Waals surface area contributed by atoms with Crippen molar-refractivity contribution in [1.82, 2.24) is 19.3 Å². The Morgan fingerprint density at radius 3 is 2.75 bits per heavy atom. The maximum Gasteiger partial charge on any atom is 0.330 e. The Hall–Kier alpha value is -3.37. The summed E-state index contributed by atoms with van der Waals surface area (Å²) in [6.07, 6.45) is 3.60. The van der Waals surface area contributed by atoms with Gasteiger partial charge in [0, 0.05) is 31.4 Å². The van der Waals surface area contributed by atoms with Crippen LogP contribution in [0.2, 0.25) is 5.02 Å². The van der Waals surface area contributed by atoms with Crippen LogP contribution in [-0.2, 0) is 17.8 Å². The lowest BCUT2D eigenvalue weighted by molar-refractivity contribution is 0.0975. The summed E-state index contributed by atoms with van der Waals surface area (Å²) in [6, 6.07) is 7.34. The maximum atomic E-state index is 13.3. The molecule has 3 N–H and O–H groups in total. The fourth-order valence-electron chi connectivity index (χ4n) is 3.30. The standard InChI is InChI=1S/C21H25ClN6O4/c1-3-8-28-18(23)17(19(29)25-21(28)31)27(9-10-32-2)20(30)15-11-24-26(13-15)12-14-6-4-5-7-16(14)22/h4-7,11,13H,3,8-10,12,23H2,1-2H3,(H,25,29,31). The van der Waals surface area contributed by atoms with Gasteiger partial charge >= 0.3 is 5.69 Å². The van der Waals surface area contributed by atoms with Crippen molar-refractivity contribution in [2.75, 3.05) is 30.9 Å². The van der Waals surface area contributed by atoms with Crippen LogP contribution in [0.3, 0.4) is 0 Å². The van der Waals surface area contributed by atoms with Crippen LogP contribution in [0.1, 0.15) is 29.3 Å². The first-order valence-electron chi connectivity index (χ1n) is 10.1. The van der Waals surface area contributed by atoms with E-state index >= 15 is 0 Å². The number of nitrogen functional groups attached to an aromatic ring is 1. The van der Waals surface area contributed by atoms with Crippen LogP contribution in [-0.4, -0.2) is 45.5 Å². The molecule has 0 fully saturated rings. The molecule has 0 aliphatic carbocycles. The van der Waals surface area contributed by atoms with Crippen molar-refractivity contribution in [3.63, 3.8) is 0 Å². The molecule has 0 radical (unpaired) electrons. The van der Waals surface area contributed by atoms with E-state index in [1.54, 1.807) is 16.9 Å². The minimum atomic E-state index is -0.743. The van der Waals surface area contributed by atoms with Crippen molar-refractivity contribution in [2.45, 2.75) is 26.4 Å². The molecule has 11 heteroatoms. The van der Waals surface area contributed by atoms with Gasteiger partial charge < -0.3 is 10.5 Å². The molecule has 170 valence electrons.